The number of rotatable bonds is 3. The van der Waals surface area contributed by atoms with Crippen molar-refractivity contribution in [3.8, 4) is 0 Å². The monoisotopic (exact) mass is 218 g/mol. The van der Waals surface area contributed by atoms with E-state index in [0.717, 1.165) is 24.7 Å². The summed E-state index contributed by atoms with van der Waals surface area (Å²) in [5.74, 6) is 2.64. The Hall–Kier alpha value is -1.16. The van der Waals surface area contributed by atoms with Crippen molar-refractivity contribution in [1.82, 2.24) is 15.3 Å². The van der Waals surface area contributed by atoms with Gasteiger partial charge in [-0.3, -0.25) is 0 Å². The number of piperidine rings is 1. The lowest BCUT2D eigenvalue weighted by Crippen LogP contribution is -2.38. The Morgan fingerprint density at radius 3 is 3.00 bits per heavy atom. The van der Waals surface area contributed by atoms with E-state index < -0.39 is 0 Å². The van der Waals surface area contributed by atoms with E-state index >= 15 is 0 Å². The molecule has 16 heavy (non-hydrogen) atoms. The minimum atomic E-state index is 0.524. The predicted octanol–water partition coefficient (Wildman–Crippen LogP) is 1.52. The van der Waals surface area contributed by atoms with Gasteiger partial charge < -0.3 is 10.6 Å². The molecular formula is C12H18N4. The van der Waals surface area contributed by atoms with Gasteiger partial charge in [0.2, 0.25) is 0 Å². The van der Waals surface area contributed by atoms with Gasteiger partial charge >= 0.3 is 0 Å². The van der Waals surface area contributed by atoms with Gasteiger partial charge in [0.25, 0.3) is 0 Å². The van der Waals surface area contributed by atoms with Gasteiger partial charge in [-0.25, -0.2) is 9.97 Å². The standard InChI is InChI=1S/C12H18N4/c1-2-10(8-13-6-1)15-11-5-7-14-12(16-11)9-3-4-9/h5,7,9-10,13H,1-4,6,8H2,(H,14,15,16). The molecule has 0 spiro atoms. The molecule has 2 aliphatic rings. The molecule has 4 heteroatoms. The molecule has 0 amide bonds. The van der Waals surface area contributed by atoms with E-state index in [2.05, 4.69) is 20.6 Å². The van der Waals surface area contributed by atoms with Gasteiger partial charge in [0.05, 0.1) is 0 Å². The van der Waals surface area contributed by atoms with Gasteiger partial charge in [-0.1, -0.05) is 0 Å². The highest BCUT2D eigenvalue weighted by Crippen LogP contribution is 2.38. The maximum absolute atomic E-state index is 4.58. The summed E-state index contributed by atoms with van der Waals surface area (Å²) in [6.45, 7) is 2.19. The lowest BCUT2D eigenvalue weighted by molar-refractivity contribution is 0.479. The summed E-state index contributed by atoms with van der Waals surface area (Å²) in [4.78, 5) is 8.91. The van der Waals surface area contributed by atoms with Crippen LogP contribution in [0.25, 0.3) is 0 Å². The number of hydrogen-bond donors (Lipinski definition) is 2. The van der Waals surface area contributed by atoms with Crippen LogP contribution < -0.4 is 10.6 Å². The Morgan fingerprint density at radius 2 is 2.25 bits per heavy atom. The first-order valence-electron chi connectivity index (χ1n) is 6.22. The van der Waals surface area contributed by atoms with Crippen molar-refractivity contribution in [2.24, 2.45) is 0 Å². The van der Waals surface area contributed by atoms with Crippen LogP contribution in [0.2, 0.25) is 0 Å². The molecule has 0 radical (unpaired) electrons. The predicted molar refractivity (Wildman–Crippen MR) is 63.5 cm³/mol. The summed E-state index contributed by atoms with van der Waals surface area (Å²) in [6, 6.07) is 2.50. The average molecular weight is 218 g/mol. The fourth-order valence-electron chi connectivity index (χ4n) is 2.18. The highest BCUT2D eigenvalue weighted by atomic mass is 15.1. The summed E-state index contributed by atoms with van der Waals surface area (Å²) in [6.07, 6.45) is 6.87. The molecule has 1 aromatic rings. The van der Waals surface area contributed by atoms with E-state index in [1.165, 1.54) is 25.7 Å². The van der Waals surface area contributed by atoms with E-state index in [1.807, 2.05) is 12.3 Å². The number of hydrogen-bond acceptors (Lipinski definition) is 4. The molecule has 1 unspecified atom stereocenters. The number of nitrogens with one attached hydrogen (secondary N) is 2. The first-order valence-corrected chi connectivity index (χ1v) is 6.22. The third-order valence-corrected chi connectivity index (χ3v) is 3.27. The van der Waals surface area contributed by atoms with Crippen molar-refractivity contribution in [2.75, 3.05) is 18.4 Å². The quantitative estimate of drug-likeness (QED) is 0.807. The zero-order valence-corrected chi connectivity index (χ0v) is 9.45. The summed E-state index contributed by atoms with van der Waals surface area (Å²) in [5.41, 5.74) is 0. The molecule has 0 aromatic carbocycles. The van der Waals surface area contributed by atoms with Crippen LogP contribution in [-0.4, -0.2) is 29.1 Å². The second-order valence-corrected chi connectivity index (χ2v) is 4.76. The highest BCUT2D eigenvalue weighted by Gasteiger charge is 2.26. The van der Waals surface area contributed by atoms with Crippen LogP contribution in [0, 0.1) is 0 Å². The minimum absolute atomic E-state index is 0.524. The summed E-state index contributed by atoms with van der Waals surface area (Å²) in [5, 5.41) is 6.89. The van der Waals surface area contributed by atoms with Crippen LogP contribution in [0.3, 0.4) is 0 Å². The fourth-order valence-corrected chi connectivity index (χ4v) is 2.18. The van der Waals surface area contributed by atoms with Crippen LogP contribution >= 0.6 is 0 Å². The average Bonchev–Trinajstić information content (AvgIpc) is 3.15. The first kappa shape index (κ1) is 10.0. The molecule has 1 aliphatic heterocycles. The fraction of sp³-hybridized carbons (Fsp3) is 0.667. The van der Waals surface area contributed by atoms with Crippen molar-refractivity contribution >= 4 is 5.82 Å². The van der Waals surface area contributed by atoms with Crippen LogP contribution in [0.15, 0.2) is 12.3 Å². The minimum Gasteiger partial charge on any atom is -0.366 e. The van der Waals surface area contributed by atoms with E-state index in [1.54, 1.807) is 0 Å². The van der Waals surface area contributed by atoms with E-state index in [9.17, 15) is 0 Å². The molecular weight excluding hydrogens is 200 g/mol. The molecule has 2 heterocycles. The molecule has 4 nitrogen and oxygen atoms in total. The maximum Gasteiger partial charge on any atom is 0.133 e. The second-order valence-electron chi connectivity index (χ2n) is 4.76. The Morgan fingerprint density at radius 1 is 1.31 bits per heavy atom. The SMILES string of the molecule is c1cc(NC2CCCNC2)nc(C2CC2)n1. The van der Waals surface area contributed by atoms with Crippen LogP contribution in [0.4, 0.5) is 5.82 Å². The largest absolute Gasteiger partial charge is 0.366 e. The molecule has 1 aliphatic carbocycles. The Balaban J connectivity index is 1.66. The third kappa shape index (κ3) is 2.32. The number of nitrogens with zero attached hydrogens (tertiary/aromatic N) is 2. The van der Waals surface area contributed by atoms with Crippen molar-refractivity contribution in [2.45, 2.75) is 37.6 Å². The van der Waals surface area contributed by atoms with Crippen molar-refractivity contribution in [3.05, 3.63) is 18.1 Å². The highest BCUT2D eigenvalue weighted by molar-refractivity contribution is 5.35. The molecule has 1 saturated heterocycles. The van der Waals surface area contributed by atoms with Gasteiger partial charge in [0.15, 0.2) is 0 Å². The normalized spacial score (nSPS) is 25.4. The van der Waals surface area contributed by atoms with Gasteiger partial charge in [-0.2, -0.15) is 0 Å². The smallest absolute Gasteiger partial charge is 0.133 e. The molecule has 86 valence electrons. The summed E-state index contributed by atoms with van der Waals surface area (Å²) in [7, 11) is 0. The van der Waals surface area contributed by atoms with Crippen molar-refractivity contribution in [1.29, 1.82) is 0 Å². The Labute approximate surface area is 95.9 Å². The Bertz CT molecular complexity index is 356. The first-order chi connectivity index (χ1) is 7.92. The lowest BCUT2D eigenvalue weighted by atomic mass is 10.1. The van der Waals surface area contributed by atoms with Gasteiger partial charge in [-0.05, 0) is 38.3 Å². The topological polar surface area (TPSA) is 49.8 Å². The van der Waals surface area contributed by atoms with E-state index in [0.29, 0.717) is 12.0 Å². The molecule has 1 aromatic heterocycles. The van der Waals surface area contributed by atoms with Crippen LogP contribution in [0.1, 0.15) is 37.4 Å². The number of aromatic nitrogens is 2. The maximum atomic E-state index is 4.58. The zero-order valence-electron chi connectivity index (χ0n) is 9.45. The second kappa shape index (κ2) is 4.37. The van der Waals surface area contributed by atoms with Crippen molar-refractivity contribution in [3.63, 3.8) is 0 Å². The molecule has 2 fully saturated rings. The van der Waals surface area contributed by atoms with Crippen LogP contribution in [-0.2, 0) is 0 Å². The molecule has 1 saturated carbocycles. The molecule has 2 N–H and O–H groups in total. The molecule has 0 bridgehead atoms. The zero-order chi connectivity index (χ0) is 10.8. The third-order valence-electron chi connectivity index (χ3n) is 3.27. The Kier molecular flexibility index (Phi) is 2.74. The van der Waals surface area contributed by atoms with Gasteiger partial charge in [0.1, 0.15) is 11.6 Å². The lowest BCUT2D eigenvalue weighted by Gasteiger charge is -2.24. The van der Waals surface area contributed by atoms with E-state index in [4.69, 9.17) is 0 Å². The van der Waals surface area contributed by atoms with Crippen LogP contribution in [0.5, 0.6) is 0 Å². The molecule has 1 atom stereocenters. The number of anilines is 1. The van der Waals surface area contributed by atoms with Gasteiger partial charge in [0, 0.05) is 24.7 Å². The molecule has 3 rings (SSSR count). The van der Waals surface area contributed by atoms with Gasteiger partial charge in [-0.15, -0.1) is 0 Å². The van der Waals surface area contributed by atoms with E-state index in [-0.39, 0.29) is 0 Å². The van der Waals surface area contributed by atoms with Crippen molar-refractivity contribution < 1.29 is 0 Å². The summed E-state index contributed by atoms with van der Waals surface area (Å²) < 4.78 is 0. The summed E-state index contributed by atoms with van der Waals surface area (Å²) >= 11 is 0.